The fourth-order valence-corrected chi connectivity index (χ4v) is 5.29. The van der Waals surface area contributed by atoms with E-state index in [1.807, 2.05) is 0 Å². The largest absolute Gasteiger partial charge is 1.00 e. The first-order valence-electron chi connectivity index (χ1n) is 12.1. The Kier molecular flexibility index (Phi) is 8.03. The molecule has 0 unspecified atom stereocenters. The summed E-state index contributed by atoms with van der Waals surface area (Å²) < 4.78 is 0. The Morgan fingerprint density at radius 2 is 0.529 bits per heavy atom. The average Bonchev–Trinajstić information content (AvgIpc) is 2.78. The molecule has 0 saturated heterocycles. The van der Waals surface area contributed by atoms with Gasteiger partial charge in [-0.15, -0.1) is 0 Å². The Morgan fingerprint density at radius 3 is 0.706 bits per heavy atom. The van der Waals surface area contributed by atoms with E-state index in [-0.39, 0.29) is 29.6 Å². The Balaban J connectivity index is 0.00000324. The number of benzene rings is 4. The molecule has 0 nitrogen and oxygen atoms in total. The van der Waals surface area contributed by atoms with Gasteiger partial charge >= 0.3 is 29.6 Å². The van der Waals surface area contributed by atoms with Gasteiger partial charge in [0, 0.05) is 0 Å². The standard InChI is InChI=1S/C32H36B.Na/c1-21-9-13-29(17-25(21)5)33(30-14-10-22(2)26(6)18-30,31-15-11-23(3)27(7)19-31)32-16-12-24(4)28(8)20-32;/h9-20H,1-8H3;/q-1;+1. The molecule has 0 atom stereocenters. The van der Waals surface area contributed by atoms with E-state index in [2.05, 4.69) is 128 Å². The molecular formula is C32H36BNa. The van der Waals surface area contributed by atoms with Gasteiger partial charge in [-0.05, 0) is 77.6 Å². The molecule has 0 N–H and O–H groups in total. The van der Waals surface area contributed by atoms with Crippen molar-refractivity contribution < 1.29 is 29.6 Å². The van der Waals surface area contributed by atoms with E-state index < -0.39 is 6.15 Å². The summed E-state index contributed by atoms with van der Waals surface area (Å²) in [5, 5.41) is 0. The second-order valence-electron chi connectivity index (χ2n) is 10.2. The summed E-state index contributed by atoms with van der Waals surface area (Å²) >= 11 is 0. The van der Waals surface area contributed by atoms with Gasteiger partial charge in [0.2, 0.25) is 0 Å². The van der Waals surface area contributed by atoms with Gasteiger partial charge in [0.15, 0.2) is 0 Å². The summed E-state index contributed by atoms with van der Waals surface area (Å²) in [6.07, 6.45) is -1.35. The van der Waals surface area contributed by atoms with Crippen LogP contribution in [0.1, 0.15) is 44.5 Å². The van der Waals surface area contributed by atoms with E-state index in [0.29, 0.717) is 0 Å². The summed E-state index contributed by atoms with van der Waals surface area (Å²) in [6.45, 7) is 17.8. The summed E-state index contributed by atoms with van der Waals surface area (Å²) in [7, 11) is 0. The van der Waals surface area contributed by atoms with E-state index in [1.165, 1.54) is 66.4 Å². The van der Waals surface area contributed by atoms with Crippen LogP contribution in [0.3, 0.4) is 0 Å². The molecule has 4 aromatic carbocycles. The van der Waals surface area contributed by atoms with Crippen LogP contribution in [0.25, 0.3) is 0 Å². The predicted octanol–water partition coefficient (Wildman–Crippen LogP) is 2.54. The molecule has 0 aliphatic rings. The van der Waals surface area contributed by atoms with Crippen LogP contribution in [0.15, 0.2) is 72.8 Å². The van der Waals surface area contributed by atoms with E-state index in [0.717, 1.165) is 0 Å². The molecule has 0 radical (unpaired) electrons. The summed E-state index contributed by atoms with van der Waals surface area (Å²) in [5.41, 5.74) is 16.2. The summed E-state index contributed by atoms with van der Waals surface area (Å²) in [5.74, 6) is 0. The van der Waals surface area contributed by atoms with Crippen LogP contribution < -0.4 is 51.4 Å². The molecule has 4 rings (SSSR count). The van der Waals surface area contributed by atoms with Gasteiger partial charge in [-0.25, -0.2) is 0 Å². The van der Waals surface area contributed by atoms with E-state index in [1.54, 1.807) is 0 Å². The van der Waals surface area contributed by atoms with Crippen molar-refractivity contribution in [3.05, 3.63) is 117 Å². The third kappa shape index (κ3) is 4.59. The first-order valence-corrected chi connectivity index (χ1v) is 12.1. The van der Waals surface area contributed by atoms with Crippen molar-refractivity contribution in [3.63, 3.8) is 0 Å². The smallest absolute Gasteiger partial charge is 0.195 e. The number of aryl methyl sites for hydroxylation is 8. The van der Waals surface area contributed by atoms with Crippen molar-refractivity contribution >= 4 is 28.0 Å². The van der Waals surface area contributed by atoms with Gasteiger partial charge in [0.1, 0.15) is 6.15 Å². The van der Waals surface area contributed by atoms with Crippen molar-refractivity contribution in [2.24, 2.45) is 0 Å². The fourth-order valence-electron chi connectivity index (χ4n) is 5.29. The summed E-state index contributed by atoms with van der Waals surface area (Å²) in [6, 6.07) is 28.3. The van der Waals surface area contributed by atoms with Crippen LogP contribution in [-0.2, 0) is 0 Å². The number of hydrogen-bond donors (Lipinski definition) is 0. The molecule has 0 saturated carbocycles. The van der Waals surface area contributed by atoms with Crippen LogP contribution in [0, 0.1) is 55.4 Å². The minimum Gasteiger partial charge on any atom is -0.195 e. The van der Waals surface area contributed by atoms with Crippen LogP contribution in [-0.4, -0.2) is 6.15 Å². The second-order valence-corrected chi connectivity index (χ2v) is 10.2. The van der Waals surface area contributed by atoms with Crippen molar-refractivity contribution in [1.82, 2.24) is 0 Å². The number of hydrogen-bond acceptors (Lipinski definition) is 0. The topological polar surface area (TPSA) is 0 Å². The molecule has 0 bridgehead atoms. The van der Waals surface area contributed by atoms with Gasteiger partial charge in [0.25, 0.3) is 0 Å². The molecule has 34 heavy (non-hydrogen) atoms. The zero-order valence-electron chi connectivity index (χ0n) is 22.5. The van der Waals surface area contributed by atoms with Gasteiger partial charge < -0.3 is 0 Å². The first-order chi connectivity index (χ1) is 15.6. The van der Waals surface area contributed by atoms with Crippen molar-refractivity contribution in [1.29, 1.82) is 0 Å². The SMILES string of the molecule is Cc1ccc([B-](c2ccc(C)c(C)c2)(c2ccc(C)c(C)c2)c2ccc(C)c(C)c2)cc1C.[Na+]. The molecule has 4 aromatic rings. The van der Waals surface area contributed by atoms with Crippen LogP contribution in [0.2, 0.25) is 0 Å². The predicted molar refractivity (Wildman–Crippen MR) is 148 cm³/mol. The maximum Gasteiger partial charge on any atom is 1.00 e. The molecule has 0 fully saturated rings. The third-order valence-electron chi connectivity index (χ3n) is 8.12. The molecule has 0 aromatic heterocycles. The normalized spacial score (nSPS) is 11.3. The van der Waals surface area contributed by atoms with E-state index in [4.69, 9.17) is 0 Å². The van der Waals surface area contributed by atoms with E-state index >= 15 is 0 Å². The Morgan fingerprint density at radius 1 is 0.324 bits per heavy atom. The molecule has 0 spiro atoms. The van der Waals surface area contributed by atoms with Crippen molar-refractivity contribution in [2.45, 2.75) is 55.4 Å². The molecule has 168 valence electrons. The van der Waals surface area contributed by atoms with Crippen molar-refractivity contribution in [2.75, 3.05) is 0 Å². The van der Waals surface area contributed by atoms with Crippen molar-refractivity contribution in [3.8, 4) is 0 Å². The molecule has 0 amide bonds. The monoisotopic (exact) mass is 454 g/mol. The van der Waals surface area contributed by atoms with Crippen LogP contribution >= 0.6 is 0 Å². The number of rotatable bonds is 4. The van der Waals surface area contributed by atoms with Gasteiger partial charge in [-0.2, -0.15) is 21.9 Å². The minimum absolute atomic E-state index is 0. The zero-order valence-corrected chi connectivity index (χ0v) is 24.5. The first kappa shape index (κ1) is 26.5. The molecular weight excluding hydrogens is 418 g/mol. The Hall–Kier alpha value is -2.06. The molecule has 0 aliphatic heterocycles. The average molecular weight is 454 g/mol. The maximum absolute atomic E-state index is 2.43. The maximum atomic E-state index is 2.43. The van der Waals surface area contributed by atoms with Crippen LogP contribution in [0.5, 0.6) is 0 Å². The summed E-state index contributed by atoms with van der Waals surface area (Å²) in [4.78, 5) is 0. The Bertz CT molecular complexity index is 1140. The quantitative estimate of drug-likeness (QED) is 0.416. The molecule has 0 aliphatic carbocycles. The second kappa shape index (κ2) is 10.3. The molecule has 0 heterocycles. The Labute approximate surface area is 229 Å². The zero-order chi connectivity index (χ0) is 23.9. The van der Waals surface area contributed by atoms with Gasteiger partial charge in [-0.3, -0.25) is 0 Å². The van der Waals surface area contributed by atoms with Gasteiger partial charge in [-0.1, -0.05) is 95.1 Å². The fraction of sp³-hybridized carbons (Fsp3) is 0.250. The van der Waals surface area contributed by atoms with Gasteiger partial charge in [0.05, 0.1) is 0 Å². The molecule has 2 heteroatoms. The minimum atomic E-state index is -1.35. The third-order valence-corrected chi connectivity index (χ3v) is 8.12. The van der Waals surface area contributed by atoms with E-state index in [9.17, 15) is 0 Å². The van der Waals surface area contributed by atoms with Crippen LogP contribution in [0.4, 0.5) is 0 Å².